The van der Waals surface area contributed by atoms with Gasteiger partial charge in [0.05, 0.1) is 5.92 Å². The maximum absolute atomic E-state index is 3.36. The Hall–Kier alpha value is -1.44. The Morgan fingerprint density at radius 1 is 0.737 bits per heavy atom. The van der Waals surface area contributed by atoms with E-state index in [2.05, 4.69) is 42.9 Å². The molecule has 0 bridgehead atoms. The molecule has 1 fully saturated rings. The van der Waals surface area contributed by atoms with Crippen LogP contribution in [0.15, 0.2) is 24.3 Å². The highest BCUT2D eigenvalue weighted by Crippen LogP contribution is 2.21. The van der Waals surface area contributed by atoms with Gasteiger partial charge in [0.25, 0.3) is 0 Å². The van der Waals surface area contributed by atoms with Gasteiger partial charge in [-0.15, -0.1) is 5.54 Å². The normalized spacial score (nSPS) is 15.3. The highest BCUT2D eigenvalue weighted by Gasteiger charge is 2.13. The fraction of sp³-hybridized carbons (Fsp3) is 0.167. The molecule has 5 radical (unpaired) electrons. The summed E-state index contributed by atoms with van der Waals surface area (Å²) in [7, 11) is -1.29. The summed E-state index contributed by atoms with van der Waals surface area (Å²) in [5.41, 5.74) is 5.46. The van der Waals surface area contributed by atoms with Gasteiger partial charge in [0, 0.05) is 11.1 Å². The Labute approximate surface area is 118 Å². The Morgan fingerprint density at radius 2 is 1.26 bits per heavy atom. The molecular formula is C18H17Si. The molecule has 0 saturated heterocycles. The monoisotopic (exact) mass is 261 g/mol. The number of hydrogen-bond donors (Lipinski definition) is 0. The van der Waals surface area contributed by atoms with Crippen LogP contribution in [0, 0.1) is 54.9 Å². The van der Waals surface area contributed by atoms with E-state index in [-0.39, 0.29) is 0 Å². The maximum atomic E-state index is 3.36. The van der Waals surface area contributed by atoms with Crippen molar-refractivity contribution in [1.29, 1.82) is 0 Å². The van der Waals surface area contributed by atoms with Crippen molar-refractivity contribution in [2.24, 2.45) is 0 Å². The first-order valence-corrected chi connectivity index (χ1v) is 9.90. The van der Waals surface area contributed by atoms with Crippen LogP contribution in [0.5, 0.6) is 0 Å². The van der Waals surface area contributed by atoms with Gasteiger partial charge < -0.3 is 0 Å². The summed E-state index contributed by atoms with van der Waals surface area (Å²) in [4.78, 5) is 0. The summed E-state index contributed by atoms with van der Waals surface area (Å²) in [6, 6.07) is 8.15. The highest BCUT2D eigenvalue weighted by molar-refractivity contribution is 6.83. The fourth-order valence-electron chi connectivity index (χ4n) is 1.50. The van der Waals surface area contributed by atoms with Crippen LogP contribution in [-0.4, -0.2) is 8.07 Å². The fourth-order valence-corrected chi connectivity index (χ4v) is 2.02. The third kappa shape index (κ3) is 4.97. The van der Waals surface area contributed by atoms with Crippen molar-refractivity contribution in [2.75, 3.05) is 0 Å². The van der Waals surface area contributed by atoms with Gasteiger partial charge in [-0.1, -0.05) is 37.4 Å². The molecule has 0 atom stereocenters. The molecule has 0 heterocycles. The molecule has 0 amide bonds. The summed E-state index contributed by atoms with van der Waals surface area (Å²) in [5.74, 6) is 10.6. The lowest BCUT2D eigenvalue weighted by molar-refractivity contribution is 1.43. The molecule has 19 heavy (non-hydrogen) atoms. The van der Waals surface area contributed by atoms with E-state index in [0.717, 1.165) is 17.0 Å². The molecule has 0 unspecified atom stereocenters. The minimum atomic E-state index is -1.29. The van der Waals surface area contributed by atoms with Gasteiger partial charge in [0.2, 0.25) is 0 Å². The van der Waals surface area contributed by atoms with Gasteiger partial charge in [-0.05, 0) is 49.9 Å². The molecule has 2 rings (SSSR count). The molecule has 1 aromatic rings. The van der Waals surface area contributed by atoms with Crippen LogP contribution in [0.2, 0.25) is 19.6 Å². The van der Waals surface area contributed by atoms with Crippen molar-refractivity contribution in [1.82, 2.24) is 0 Å². The van der Waals surface area contributed by atoms with E-state index in [1.807, 2.05) is 49.9 Å². The molecule has 0 aliphatic heterocycles. The van der Waals surface area contributed by atoms with Crippen molar-refractivity contribution in [2.45, 2.75) is 19.6 Å². The lowest BCUT2D eigenvalue weighted by Crippen LogP contribution is -2.16. The molecular weight excluding hydrogens is 244 g/mol. The molecule has 0 N–H and O–H groups in total. The van der Waals surface area contributed by atoms with Crippen LogP contribution >= 0.6 is 0 Å². The van der Waals surface area contributed by atoms with E-state index < -0.39 is 8.07 Å². The van der Waals surface area contributed by atoms with Gasteiger partial charge in [-0.25, -0.2) is 0 Å². The average molecular weight is 261 g/mol. The van der Waals surface area contributed by atoms with Crippen molar-refractivity contribution in [3.63, 3.8) is 0 Å². The first-order valence-electron chi connectivity index (χ1n) is 6.40. The van der Waals surface area contributed by atoms with Gasteiger partial charge in [-0.3, -0.25) is 0 Å². The lowest BCUT2D eigenvalue weighted by Gasteiger charge is -2.03. The highest BCUT2D eigenvalue weighted by atomic mass is 28.3. The van der Waals surface area contributed by atoms with E-state index in [0.29, 0.717) is 0 Å². The summed E-state index contributed by atoms with van der Waals surface area (Å²) < 4.78 is 0. The standard InChI is InChI=1S/C18H17Si/c1-19(2,3)15-14-18-12-10-17(11-13-18)9-8-16-6-4-5-7-16/h4-7,10-13H,1-3H3. The topological polar surface area (TPSA) is 0 Å². The Kier molecular flexibility index (Phi) is 4.51. The SMILES string of the molecule is C[Si](C)(C)C#Cc1ccc(C#C[C]2[CH][CH][CH][CH]2)cc1. The predicted molar refractivity (Wildman–Crippen MR) is 84.0 cm³/mol. The molecule has 1 aromatic carbocycles. The van der Waals surface area contributed by atoms with E-state index >= 15 is 0 Å². The number of hydrogen-bond acceptors (Lipinski definition) is 0. The molecule has 0 nitrogen and oxygen atoms in total. The van der Waals surface area contributed by atoms with E-state index in [4.69, 9.17) is 0 Å². The molecule has 93 valence electrons. The zero-order chi connectivity index (χ0) is 13.7. The van der Waals surface area contributed by atoms with Crippen molar-refractivity contribution in [3.05, 3.63) is 67.0 Å². The third-order valence-electron chi connectivity index (χ3n) is 2.48. The second kappa shape index (κ2) is 6.13. The van der Waals surface area contributed by atoms with Crippen molar-refractivity contribution in [3.8, 4) is 23.3 Å². The van der Waals surface area contributed by atoms with Crippen LogP contribution in [0.25, 0.3) is 0 Å². The largest absolute Gasteiger partial charge is 0.129 e. The van der Waals surface area contributed by atoms with Gasteiger partial charge in [0.1, 0.15) is 8.07 Å². The maximum Gasteiger partial charge on any atom is 0.129 e. The summed E-state index contributed by atoms with van der Waals surface area (Å²) in [5, 5.41) is 0. The van der Waals surface area contributed by atoms with Gasteiger partial charge in [0.15, 0.2) is 0 Å². The van der Waals surface area contributed by atoms with Gasteiger partial charge >= 0.3 is 0 Å². The van der Waals surface area contributed by atoms with Crippen LogP contribution in [0.4, 0.5) is 0 Å². The summed E-state index contributed by atoms with van der Waals surface area (Å²) in [6.07, 6.45) is 8.03. The molecule has 0 aromatic heterocycles. The molecule has 1 aliphatic rings. The predicted octanol–water partition coefficient (Wildman–Crippen LogP) is 3.67. The first kappa shape index (κ1) is 14.0. The second-order valence-electron chi connectivity index (χ2n) is 5.50. The Morgan fingerprint density at radius 3 is 1.79 bits per heavy atom. The summed E-state index contributed by atoms with van der Waals surface area (Å²) in [6.45, 7) is 6.75. The van der Waals surface area contributed by atoms with Crippen LogP contribution in [-0.2, 0) is 0 Å². The molecule has 1 aliphatic carbocycles. The van der Waals surface area contributed by atoms with E-state index in [9.17, 15) is 0 Å². The minimum absolute atomic E-state index is 1.03. The third-order valence-corrected chi connectivity index (χ3v) is 3.36. The van der Waals surface area contributed by atoms with Crippen molar-refractivity contribution < 1.29 is 0 Å². The smallest absolute Gasteiger partial charge is 0.127 e. The second-order valence-corrected chi connectivity index (χ2v) is 10.3. The van der Waals surface area contributed by atoms with E-state index in [1.54, 1.807) is 0 Å². The molecule has 0 spiro atoms. The zero-order valence-corrected chi connectivity index (χ0v) is 12.6. The minimum Gasteiger partial charge on any atom is -0.127 e. The molecule has 1 saturated carbocycles. The van der Waals surface area contributed by atoms with Crippen LogP contribution < -0.4 is 0 Å². The lowest BCUT2D eigenvalue weighted by atomic mass is 10.1. The molecule has 1 heteroatoms. The Bertz CT molecular complexity index is 532. The number of benzene rings is 1. The average Bonchev–Trinajstić information content (AvgIpc) is 2.87. The quantitative estimate of drug-likeness (QED) is 0.494. The first-order chi connectivity index (χ1) is 9.03. The summed E-state index contributed by atoms with van der Waals surface area (Å²) >= 11 is 0. The Balaban J connectivity index is 2.03. The number of rotatable bonds is 0. The zero-order valence-electron chi connectivity index (χ0n) is 11.6. The van der Waals surface area contributed by atoms with Crippen LogP contribution in [0.3, 0.4) is 0 Å². The van der Waals surface area contributed by atoms with Crippen LogP contribution in [0.1, 0.15) is 11.1 Å². The van der Waals surface area contributed by atoms with E-state index in [1.165, 1.54) is 0 Å². The van der Waals surface area contributed by atoms with Crippen molar-refractivity contribution >= 4 is 8.07 Å². The van der Waals surface area contributed by atoms with Gasteiger partial charge in [-0.2, -0.15) is 0 Å².